The summed E-state index contributed by atoms with van der Waals surface area (Å²) < 4.78 is 12.9. The molecule has 120 valence electrons. The molecule has 0 bridgehead atoms. The van der Waals surface area contributed by atoms with Crippen molar-refractivity contribution in [2.75, 3.05) is 14.2 Å². The largest absolute Gasteiger partial charge is 0.497 e. The van der Waals surface area contributed by atoms with Gasteiger partial charge in [-0.15, -0.1) is 0 Å². The highest BCUT2D eigenvalue weighted by Crippen LogP contribution is 2.25. The Kier molecular flexibility index (Phi) is 3.46. The lowest BCUT2D eigenvalue weighted by molar-refractivity contribution is 0.393. The van der Waals surface area contributed by atoms with Crippen LogP contribution in [0.5, 0.6) is 11.5 Å². The molecule has 4 rings (SSSR count). The Labute approximate surface area is 141 Å². The second-order valence-electron chi connectivity index (χ2n) is 5.24. The van der Waals surface area contributed by atoms with E-state index in [1.807, 2.05) is 42.5 Å². The Hall–Kier alpha value is -2.86. The molecular weight excluding hydrogens is 324 g/mol. The zero-order valence-corrected chi connectivity index (χ0v) is 14.0. The highest BCUT2D eigenvalue weighted by molar-refractivity contribution is 7.15. The van der Waals surface area contributed by atoms with Gasteiger partial charge in [-0.2, -0.15) is 0 Å². The molecule has 24 heavy (non-hydrogen) atoms. The fraction of sp³-hybridized carbons (Fsp3) is 0.111. The van der Waals surface area contributed by atoms with E-state index in [1.54, 1.807) is 24.7 Å². The molecular formula is C18H14N2O3S. The molecule has 0 saturated heterocycles. The van der Waals surface area contributed by atoms with Gasteiger partial charge in [-0.25, -0.2) is 9.38 Å². The minimum atomic E-state index is -0.0680. The lowest BCUT2D eigenvalue weighted by Gasteiger charge is -2.06. The molecule has 0 aliphatic carbocycles. The summed E-state index contributed by atoms with van der Waals surface area (Å²) in [5, 5.41) is 0. The predicted molar refractivity (Wildman–Crippen MR) is 95.2 cm³/mol. The third-order valence-corrected chi connectivity index (χ3v) is 4.84. The average molecular weight is 338 g/mol. The van der Waals surface area contributed by atoms with Crippen molar-refractivity contribution in [3.8, 4) is 11.5 Å². The number of methoxy groups -OCH3 is 2. The number of hydrogen-bond donors (Lipinski definition) is 0. The lowest BCUT2D eigenvalue weighted by Crippen LogP contribution is -2.22. The van der Waals surface area contributed by atoms with E-state index in [4.69, 9.17) is 9.47 Å². The minimum Gasteiger partial charge on any atom is -0.497 e. The molecule has 0 radical (unpaired) electrons. The SMILES string of the molecule is COc1ccc(/C=c2/sc3nc4ccccc4n3c2=O)c(OC)c1. The second-order valence-corrected chi connectivity index (χ2v) is 6.25. The smallest absolute Gasteiger partial charge is 0.274 e. The number of para-hydroxylation sites is 2. The second kappa shape index (κ2) is 5.65. The molecule has 0 saturated carbocycles. The summed E-state index contributed by atoms with van der Waals surface area (Å²) in [6.07, 6.45) is 1.83. The number of thiazole rings is 1. The van der Waals surface area contributed by atoms with E-state index in [0.717, 1.165) is 16.6 Å². The van der Waals surface area contributed by atoms with Gasteiger partial charge in [0.1, 0.15) is 11.5 Å². The number of benzene rings is 2. The van der Waals surface area contributed by atoms with Crippen LogP contribution in [0.4, 0.5) is 0 Å². The van der Waals surface area contributed by atoms with Crippen LogP contribution < -0.4 is 19.6 Å². The summed E-state index contributed by atoms with van der Waals surface area (Å²) in [4.78, 5) is 18.0. The molecule has 0 aliphatic heterocycles. The Morgan fingerprint density at radius 3 is 2.75 bits per heavy atom. The molecule has 0 spiro atoms. The molecule has 2 aromatic carbocycles. The molecule has 6 heteroatoms. The van der Waals surface area contributed by atoms with Crippen LogP contribution in [0.25, 0.3) is 22.1 Å². The standard InChI is InChI=1S/C18H14N2O3S/c1-22-12-8-7-11(15(10-12)23-2)9-16-17(21)20-14-6-4-3-5-13(14)19-18(20)24-16/h3-10H,1-2H3/b16-9+. The van der Waals surface area contributed by atoms with Crippen molar-refractivity contribution in [2.45, 2.75) is 0 Å². The van der Waals surface area contributed by atoms with E-state index in [2.05, 4.69) is 4.98 Å². The number of ether oxygens (including phenoxy) is 2. The monoisotopic (exact) mass is 338 g/mol. The van der Waals surface area contributed by atoms with Crippen LogP contribution >= 0.6 is 11.3 Å². The van der Waals surface area contributed by atoms with Crippen LogP contribution in [0.1, 0.15) is 5.56 Å². The normalized spacial score (nSPS) is 12.2. The Bertz CT molecular complexity index is 1160. The van der Waals surface area contributed by atoms with Gasteiger partial charge in [-0.05, 0) is 30.3 Å². The van der Waals surface area contributed by atoms with Crippen molar-refractivity contribution < 1.29 is 9.47 Å². The van der Waals surface area contributed by atoms with Crippen LogP contribution in [0.2, 0.25) is 0 Å². The van der Waals surface area contributed by atoms with Crippen molar-refractivity contribution in [2.24, 2.45) is 0 Å². The van der Waals surface area contributed by atoms with Crippen molar-refractivity contribution in [1.29, 1.82) is 0 Å². The van der Waals surface area contributed by atoms with Crippen molar-refractivity contribution in [3.63, 3.8) is 0 Å². The van der Waals surface area contributed by atoms with Crippen LogP contribution in [0, 0.1) is 0 Å². The molecule has 0 N–H and O–H groups in total. The van der Waals surface area contributed by atoms with Crippen molar-refractivity contribution in [3.05, 3.63) is 62.9 Å². The zero-order valence-electron chi connectivity index (χ0n) is 13.1. The number of hydrogen-bond acceptors (Lipinski definition) is 5. The first-order chi connectivity index (χ1) is 11.7. The number of fused-ring (bicyclic) bond motifs is 3. The summed E-state index contributed by atoms with van der Waals surface area (Å²) in [6.45, 7) is 0. The molecule has 0 atom stereocenters. The van der Waals surface area contributed by atoms with Gasteiger partial charge in [0.15, 0.2) is 4.96 Å². The third kappa shape index (κ3) is 2.23. The summed E-state index contributed by atoms with van der Waals surface area (Å²) in [6, 6.07) is 13.1. The first-order valence-electron chi connectivity index (χ1n) is 7.35. The number of nitrogens with zero attached hydrogens (tertiary/aromatic N) is 2. The first-order valence-corrected chi connectivity index (χ1v) is 8.16. The quantitative estimate of drug-likeness (QED) is 0.576. The van der Waals surface area contributed by atoms with Crippen LogP contribution in [0.3, 0.4) is 0 Å². The Morgan fingerprint density at radius 2 is 1.96 bits per heavy atom. The average Bonchev–Trinajstić information content (AvgIpc) is 3.12. The predicted octanol–water partition coefficient (Wildman–Crippen LogP) is 2.47. The van der Waals surface area contributed by atoms with E-state index >= 15 is 0 Å². The van der Waals surface area contributed by atoms with E-state index in [0.29, 0.717) is 21.0 Å². The number of aromatic nitrogens is 2. The lowest BCUT2D eigenvalue weighted by atomic mass is 10.2. The van der Waals surface area contributed by atoms with E-state index in [1.165, 1.54) is 11.3 Å². The van der Waals surface area contributed by atoms with Gasteiger partial charge < -0.3 is 9.47 Å². The van der Waals surface area contributed by atoms with Crippen LogP contribution in [-0.2, 0) is 0 Å². The van der Waals surface area contributed by atoms with Crippen LogP contribution in [-0.4, -0.2) is 23.6 Å². The fourth-order valence-electron chi connectivity index (χ4n) is 2.69. The summed E-state index contributed by atoms with van der Waals surface area (Å²) in [5.74, 6) is 1.36. The van der Waals surface area contributed by atoms with Gasteiger partial charge in [0.25, 0.3) is 5.56 Å². The van der Waals surface area contributed by atoms with Gasteiger partial charge in [0.05, 0.1) is 29.8 Å². The molecule has 4 aromatic rings. The summed E-state index contributed by atoms with van der Waals surface area (Å²) in [7, 11) is 3.20. The number of imidazole rings is 1. The molecule has 5 nitrogen and oxygen atoms in total. The minimum absolute atomic E-state index is 0.0680. The highest BCUT2D eigenvalue weighted by atomic mass is 32.1. The van der Waals surface area contributed by atoms with Gasteiger partial charge in [-0.3, -0.25) is 4.79 Å². The molecule has 0 aliphatic rings. The third-order valence-electron chi connectivity index (χ3n) is 3.87. The van der Waals surface area contributed by atoms with E-state index < -0.39 is 0 Å². The van der Waals surface area contributed by atoms with Gasteiger partial charge in [-0.1, -0.05) is 23.5 Å². The molecule has 2 aromatic heterocycles. The Balaban J connectivity index is 1.95. The summed E-state index contributed by atoms with van der Waals surface area (Å²) >= 11 is 1.37. The highest BCUT2D eigenvalue weighted by Gasteiger charge is 2.11. The van der Waals surface area contributed by atoms with Crippen molar-refractivity contribution >= 4 is 33.4 Å². The summed E-state index contributed by atoms with van der Waals surface area (Å²) in [5.41, 5.74) is 2.41. The maximum atomic E-state index is 12.8. The van der Waals surface area contributed by atoms with Crippen LogP contribution in [0.15, 0.2) is 47.3 Å². The van der Waals surface area contributed by atoms with E-state index in [9.17, 15) is 4.79 Å². The fourth-order valence-corrected chi connectivity index (χ4v) is 3.67. The Morgan fingerprint density at radius 1 is 1.12 bits per heavy atom. The van der Waals surface area contributed by atoms with E-state index in [-0.39, 0.29) is 5.56 Å². The molecule has 0 unspecified atom stereocenters. The molecule has 0 fully saturated rings. The maximum absolute atomic E-state index is 12.8. The zero-order chi connectivity index (χ0) is 16.7. The topological polar surface area (TPSA) is 52.8 Å². The van der Waals surface area contributed by atoms with Crippen molar-refractivity contribution in [1.82, 2.24) is 9.38 Å². The first kappa shape index (κ1) is 14.7. The van der Waals surface area contributed by atoms with Gasteiger partial charge >= 0.3 is 0 Å². The molecule has 2 heterocycles. The molecule has 0 amide bonds. The van der Waals surface area contributed by atoms with Gasteiger partial charge in [0.2, 0.25) is 0 Å². The van der Waals surface area contributed by atoms with Gasteiger partial charge in [0, 0.05) is 11.6 Å². The number of rotatable bonds is 3. The maximum Gasteiger partial charge on any atom is 0.274 e.